The van der Waals surface area contributed by atoms with Gasteiger partial charge in [0.1, 0.15) is 5.76 Å². The zero-order valence-corrected chi connectivity index (χ0v) is 20.3. The molecule has 0 spiro atoms. The van der Waals surface area contributed by atoms with E-state index in [4.69, 9.17) is 9.47 Å². The number of likely N-dealkylation sites (N-methyl/N-ethyl adjacent to an activating group) is 1. The highest BCUT2D eigenvalue weighted by atomic mass is 16.5. The van der Waals surface area contributed by atoms with E-state index < -0.39 is 17.7 Å². The molecule has 1 N–H and O–H groups in total. The molecule has 1 aliphatic heterocycles. The number of carbonyl (C=O) groups excluding carboxylic acids is 2. The molecular weight excluding hydrogens is 434 g/mol. The lowest BCUT2D eigenvalue weighted by Gasteiger charge is -2.27. The molecule has 1 aromatic heterocycles. The Hall–Kier alpha value is -3.39. The van der Waals surface area contributed by atoms with E-state index in [0.29, 0.717) is 48.9 Å². The number of aliphatic hydroxyl groups is 1. The maximum atomic E-state index is 13.1. The van der Waals surface area contributed by atoms with E-state index in [1.165, 1.54) is 17.3 Å². The summed E-state index contributed by atoms with van der Waals surface area (Å²) in [5.41, 5.74) is 1.15. The highest BCUT2D eigenvalue weighted by molar-refractivity contribution is 6.46. The predicted molar refractivity (Wildman–Crippen MR) is 130 cm³/mol. The van der Waals surface area contributed by atoms with E-state index in [1.54, 1.807) is 24.3 Å². The Morgan fingerprint density at radius 3 is 2.47 bits per heavy atom. The number of rotatable bonds is 11. The fourth-order valence-electron chi connectivity index (χ4n) is 3.84. The molecule has 1 aromatic carbocycles. The first-order chi connectivity index (χ1) is 16.4. The van der Waals surface area contributed by atoms with Crippen LogP contribution in [0.2, 0.25) is 0 Å². The third kappa shape index (κ3) is 5.56. The number of aromatic nitrogens is 1. The summed E-state index contributed by atoms with van der Waals surface area (Å²) in [5.74, 6) is -0.418. The van der Waals surface area contributed by atoms with Crippen molar-refractivity contribution < 1.29 is 24.2 Å². The van der Waals surface area contributed by atoms with Gasteiger partial charge in [-0.25, -0.2) is 0 Å². The third-order valence-corrected chi connectivity index (χ3v) is 5.62. The number of nitrogens with zero attached hydrogens (tertiary/aromatic N) is 3. The van der Waals surface area contributed by atoms with Crippen LogP contribution in [0.3, 0.4) is 0 Å². The summed E-state index contributed by atoms with van der Waals surface area (Å²) in [6, 6.07) is 7.88. The van der Waals surface area contributed by atoms with E-state index in [9.17, 15) is 14.7 Å². The van der Waals surface area contributed by atoms with Gasteiger partial charge in [-0.3, -0.25) is 14.6 Å². The Labute approximate surface area is 200 Å². The van der Waals surface area contributed by atoms with Gasteiger partial charge in [-0.1, -0.05) is 19.4 Å². The number of hydrogen-bond acceptors (Lipinski definition) is 7. The lowest BCUT2D eigenvalue weighted by molar-refractivity contribution is -0.140. The SMILES string of the molecule is CCCCOc1ccc(C2C(=C(O)c3ccncc3)C(=O)C(=O)N2CCN(C)C)cc1OCC. The van der Waals surface area contributed by atoms with E-state index >= 15 is 0 Å². The Bertz CT molecular complexity index is 1040. The van der Waals surface area contributed by atoms with Crippen LogP contribution in [0.15, 0.2) is 48.3 Å². The number of pyridine rings is 1. The number of unbranched alkanes of at least 4 members (excludes halogenated alkanes) is 1. The van der Waals surface area contributed by atoms with Crippen LogP contribution in [-0.2, 0) is 9.59 Å². The second kappa shape index (κ2) is 11.7. The van der Waals surface area contributed by atoms with Gasteiger partial charge in [0.2, 0.25) is 0 Å². The van der Waals surface area contributed by atoms with Crippen LogP contribution in [0.4, 0.5) is 0 Å². The van der Waals surface area contributed by atoms with Crippen molar-refractivity contribution in [3.63, 3.8) is 0 Å². The molecular formula is C26H33N3O5. The van der Waals surface area contributed by atoms with Crippen LogP contribution in [0.5, 0.6) is 11.5 Å². The quantitative estimate of drug-likeness (QED) is 0.233. The first-order valence-corrected chi connectivity index (χ1v) is 11.6. The fourth-order valence-corrected chi connectivity index (χ4v) is 3.84. The maximum absolute atomic E-state index is 13.1. The largest absolute Gasteiger partial charge is 0.507 e. The number of Topliss-reactive ketones (excluding diaryl/α,β-unsaturated/α-hetero) is 1. The van der Waals surface area contributed by atoms with Gasteiger partial charge in [-0.15, -0.1) is 0 Å². The molecule has 1 atom stereocenters. The van der Waals surface area contributed by atoms with Crippen LogP contribution in [-0.4, -0.2) is 72.0 Å². The summed E-state index contributed by atoms with van der Waals surface area (Å²) in [6.45, 7) is 5.87. The van der Waals surface area contributed by atoms with Gasteiger partial charge in [0.25, 0.3) is 11.7 Å². The van der Waals surface area contributed by atoms with Gasteiger partial charge >= 0.3 is 0 Å². The van der Waals surface area contributed by atoms with E-state index in [-0.39, 0.29) is 11.3 Å². The number of amides is 1. The normalized spacial score (nSPS) is 17.4. The Balaban J connectivity index is 2.11. The summed E-state index contributed by atoms with van der Waals surface area (Å²) >= 11 is 0. The van der Waals surface area contributed by atoms with Crippen LogP contribution in [0.1, 0.15) is 43.9 Å². The van der Waals surface area contributed by atoms with Crippen molar-refractivity contribution in [2.45, 2.75) is 32.7 Å². The Morgan fingerprint density at radius 2 is 1.82 bits per heavy atom. The van der Waals surface area contributed by atoms with Crippen molar-refractivity contribution in [2.75, 3.05) is 40.4 Å². The van der Waals surface area contributed by atoms with Gasteiger partial charge in [0, 0.05) is 31.0 Å². The smallest absolute Gasteiger partial charge is 0.295 e. The molecule has 1 fully saturated rings. The molecule has 0 saturated carbocycles. The predicted octanol–water partition coefficient (Wildman–Crippen LogP) is 3.64. The molecule has 2 aromatic rings. The molecule has 0 bridgehead atoms. The van der Waals surface area contributed by atoms with Crippen molar-refractivity contribution in [1.82, 2.24) is 14.8 Å². The second-order valence-corrected chi connectivity index (χ2v) is 8.37. The van der Waals surface area contributed by atoms with E-state index in [0.717, 1.165) is 12.8 Å². The molecule has 3 rings (SSSR count). The molecule has 0 aliphatic carbocycles. The van der Waals surface area contributed by atoms with Crippen molar-refractivity contribution in [1.29, 1.82) is 0 Å². The molecule has 0 radical (unpaired) electrons. The molecule has 1 amide bonds. The van der Waals surface area contributed by atoms with Crippen molar-refractivity contribution in [3.05, 3.63) is 59.4 Å². The number of carbonyl (C=O) groups is 2. The standard InChI is InChI=1S/C26H33N3O5/c1-5-7-16-34-20-9-8-19(17-21(20)33-6-2)23-22(24(30)18-10-12-27-13-11-18)25(31)26(32)29(23)15-14-28(3)4/h8-13,17,23,30H,5-7,14-16H2,1-4H3. The average Bonchev–Trinajstić information content (AvgIpc) is 3.08. The molecule has 8 nitrogen and oxygen atoms in total. The third-order valence-electron chi connectivity index (χ3n) is 5.62. The van der Waals surface area contributed by atoms with Crippen LogP contribution >= 0.6 is 0 Å². The second-order valence-electron chi connectivity index (χ2n) is 8.37. The van der Waals surface area contributed by atoms with Crippen LogP contribution in [0.25, 0.3) is 5.76 Å². The Kier molecular flexibility index (Phi) is 8.65. The molecule has 1 saturated heterocycles. The van der Waals surface area contributed by atoms with Crippen LogP contribution in [0, 0.1) is 0 Å². The monoisotopic (exact) mass is 467 g/mol. The number of hydrogen-bond donors (Lipinski definition) is 1. The number of aliphatic hydroxyl groups excluding tert-OH is 1. The first-order valence-electron chi connectivity index (χ1n) is 11.6. The van der Waals surface area contributed by atoms with Crippen molar-refractivity contribution >= 4 is 17.4 Å². The van der Waals surface area contributed by atoms with E-state index in [1.807, 2.05) is 32.0 Å². The summed E-state index contributed by atoms with van der Waals surface area (Å²) in [5, 5.41) is 11.1. The zero-order valence-electron chi connectivity index (χ0n) is 20.3. The average molecular weight is 468 g/mol. The van der Waals surface area contributed by atoms with Crippen molar-refractivity contribution in [2.24, 2.45) is 0 Å². The fraction of sp³-hybridized carbons (Fsp3) is 0.423. The van der Waals surface area contributed by atoms with Crippen molar-refractivity contribution in [3.8, 4) is 11.5 Å². The van der Waals surface area contributed by atoms with E-state index in [2.05, 4.69) is 11.9 Å². The van der Waals surface area contributed by atoms with Gasteiger partial charge in [-0.2, -0.15) is 0 Å². The lowest BCUT2D eigenvalue weighted by atomic mass is 9.95. The topological polar surface area (TPSA) is 92.2 Å². The molecule has 2 heterocycles. The highest BCUT2D eigenvalue weighted by Crippen LogP contribution is 2.42. The van der Waals surface area contributed by atoms with Gasteiger partial charge < -0.3 is 24.4 Å². The summed E-state index contributed by atoms with van der Waals surface area (Å²) in [6.07, 6.45) is 4.99. The number of ketones is 1. The molecule has 8 heteroatoms. The molecule has 34 heavy (non-hydrogen) atoms. The highest BCUT2D eigenvalue weighted by Gasteiger charge is 2.46. The molecule has 182 valence electrons. The minimum absolute atomic E-state index is 0.0528. The molecule has 1 unspecified atom stereocenters. The van der Waals surface area contributed by atoms with Crippen LogP contribution < -0.4 is 9.47 Å². The number of likely N-dealkylation sites (tertiary alicyclic amines) is 1. The summed E-state index contributed by atoms with van der Waals surface area (Å²) in [7, 11) is 3.80. The summed E-state index contributed by atoms with van der Waals surface area (Å²) in [4.78, 5) is 33.6. The summed E-state index contributed by atoms with van der Waals surface area (Å²) < 4.78 is 11.7. The van der Waals surface area contributed by atoms with Gasteiger partial charge in [0.15, 0.2) is 11.5 Å². The Morgan fingerprint density at radius 1 is 1.09 bits per heavy atom. The lowest BCUT2D eigenvalue weighted by Crippen LogP contribution is -2.35. The maximum Gasteiger partial charge on any atom is 0.295 e. The number of ether oxygens (including phenoxy) is 2. The van der Waals surface area contributed by atoms with Gasteiger partial charge in [-0.05, 0) is 57.3 Å². The zero-order chi connectivity index (χ0) is 24.7. The number of benzene rings is 1. The van der Waals surface area contributed by atoms with Gasteiger partial charge in [0.05, 0.1) is 24.8 Å². The minimum Gasteiger partial charge on any atom is -0.507 e. The first kappa shape index (κ1) is 25.2. The minimum atomic E-state index is -0.753. The molecule has 1 aliphatic rings.